The third kappa shape index (κ3) is 5.86. The van der Waals surface area contributed by atoms with Gasteiger partial charge in [0, 0.05) is 12.5 Å². The van der Waals surface area contributed by atoms with Crippen LogP contribution in [0, 0.1) is 0 Å². The van der Waals surface area contributed by atoms with Crippen LogP contribution in [0.15, 0.2) is 72.8 Å². The average Bonchev–Trinajstić information content (AvgIpc) is 3.15. The van der Waals surface area contributed by atoms with Crippen LogP contribution in [0.25, 0.3) is 17.2 Å². The zero-order valence-corrected chi connectivity index (χ0v) is 18.9. The minimum absolute atomic E-state index is 0.0510. The van der Waals surface area contributed by atoms with Gasteiger partial charge in [-0.15, -0.1) is 13.2 Å². The summed E-state index contributed by atoms with van der Waals surface area (Å²) in [5.74, 6) is -2.38. The molecule has 0 bridgehead atoms. The second-order valence-electron chi connectivity index (χ2n) is 8.05. The molecule has 1 amide bonds. The van der Waals surface area contributed by atoms with Gasteiger partial charge in [0.1, 0.15) is 17.9 Å². The molecule has 2 N–H and O–H groups in total. The molecule has 0 heterocycles. The largest absolute Gasteiger partial charge is 0.573 e. The van der Waals surface area contributed by atoms with Crippen molar-refractivity contribution in [3.8, 4) is 16.9 Å². The molecule has 4 rings (SSSR count). The smallest absolute Gasteiger partial charge is 0.478 e. The molecule has 0 atom stereocenters. The first-order valence-corrected chi connectivity index (χ1v) is 11.1. The van der Waals surface area contributed by atoms with E-state index in [-0.39, 0.29) is 19.1 Å². The number of fused-ring (bicyclic) bond motifs is 3. The van der Waals surface area contributed by atoms with Crippen molar-refractivity contribution in [1.29, 1.82) is 0 Å². The van der Waals surface area contributed by atoms with E-state index in [4.69, 9.17) is 9.84 Å². The van der Waals surface area contributed by atoms with Crippen LogP contribution in [0.5, 0.6) is 5.75 Å². The summed E-state index contributed by atoms with van der Waals surface area (Å²) < 4.78 is 47.0. The Morgan fingerprint density at radius 2 is 1.61 bits per heavy atom. The maximum absolute atomic E-state index is 12.6. The van der Waals surface area contributed by atoms with E-state index in [1.54, 1.807) is 6.08 Å². The summed E-state index contributed by atoms with van der Waals surface area (Å²) in [5, 5.41) is 11.7. The van der Waals surface area contributed by atoms with Crippen LogP contribution in [0.1, 0.15) is 39.4 Å². The van der Waals surface area contributed by atoms with Crippen molar-refractivity contribution in [2.24, 2.45) is 0 Å². The number of carbonyl (C=O) groups excluding carboxylic acids is 1. The number of ether oxygens (including phenoxy) is 2. The van der Waals surface area contributed by atoms with E-state index in [1.807, 2.05) is 48.5 Å². The summed E-state index contributed by atoms with van der Waals surface area (Å²) >= 11 is 0. The molecule has 0 fully saturated rings. The summed E-state index contributed by atoms with van der Waals surface area (Å²) in [6, 6.07) is 19.4. The number of alkyl carbamates (subject to hydrolysis) is 1. The molecular formula is C27H22F3NO5. The zero-order valence-electron chi connectivity index (χ0n) is 18.9. The van der Waals surface area contributed by atoms with Gasteiger partial charge in [0.15, 0.2) is 0 Å². The van der Waals surface area contributed by atoms with E-state index in [0.717, 1.165) is 34.4 Å². The highest BCUT2D eigenvalue weighted by Crippen LogP contribution is 2.44. The SMILES string of the molecule is O=C(NCCC=Cc1ccc(C(=O)O)c(OC(F)(F)F)c1)OCC1c2ccccc2-c2ccccc21. The van der Waals surface area contributed by atoms with Crippen LogP contribution in [0.2, 0.25) is 0 Å². The van der Waals surface area contributed by atoms with Gasteiger partial charge in [-0.05, 0) is 46.4 Å². The molecule has 0 radical (unpaired) electrons. The monoisotopic (exact) mass is 497 g/mol. The molecule has 0 saturated carbocycles. The van der Waals surface area contributed by atoms with E-state index in [2.05, 4.69) is 10.1 Å². The fraction of sp³-hybridized carbons (Fsp3) is 0.185. The molecule has 186 valence electrons. The minimum Gasteiger partial charge on any atom is -0.478 e. The molecule has 6 nitrogen and oxygen atoms in total. The lowest BCUT2D eigenvalue weighted by atomic mass is 9.98. The Morgan fingerprint density at radius 3 is 2.22 bits per heavy atom. The quantitative estimate of drug-likeness (QED) is 0.361. The number of halogens is 3. The van der Waals surface area contributed by atoms with Gasteiger partial charge in [0.25, 0.3) is 0 Å². The van der Waals surface area contributed by atoms with Crippen LogP contribution in [-0.2, 0) is 4.74 Å². The van der Waals surface area contributed by atoms with Gasteiger partial charge >= 0.3 is 18.4 Å². The molecule has 36 heavy (non-hydrogen) atoms. The van der Waals surface area contributed by atoms with Crippen molar-refractivity contribution < 1.29 is 37.3 Å². The molecule has 1 aliphatic carbocycles. The predicted molar refractivity (Wildman–Crippen MR) is 127 cm³/mol. The van der Waals surface area contributed by atoms with E-state index in [0.29, 0.717) is 12.0 Å². The molecule has 0 spiro atoms. The fourth-order valence-electron chi connectivity index (χ4n) is 4.15. The maximum Gasteiger partial charge on any atom is 0.573 e. The van der Waals surface area contributed by atoms with Crippen molar-refractivity contribution in [2.45, 2.75) is 18.7 Å². The van der Waals surface area contributed by atoms with Crippen molar-refractivity contribution in [1.82, 2.24) is 5.32 Å². The molecule has 0 aromatic heterocycles. The molecule has 9 heteroatoms. The third-order valence-corrected chi connectivity index (χ3v) is 5.70. The number of benzene rings is 3. The Balaban J connectivity index is 1.28. The van der Waals surface area contributed by atoms with Crippen LogP contribution in [-0.4, -0.2) is 36.7 Å². The maximum atomic E-state index is 12.6. The van der Waals surface area contributed by atoms with Crippen LogP contribution >= 0.6 is 0 Å². The second kappa shape index (κ2) is 10.6. The summed E-state index contributed by atoms with van der Waals surface area (Å²) in [7, 11) is 0. The lowest BCUT2D eigenvalue weighted by molar-refractivity contribution is -0.274. The number of carboxylic acid groups (broad SMARTS) is 1. The van der Waals surface area contributed by atoms with Crippen LogP contribution < -0.4 is 10.1 Å². The first-order chi connectivity index (χ1) is 17.2. The zero-order chi connectivity index (χ0) is 25.7. The standard InChI is InChI=1S/C27H22F3NO5/c28-27(29,30)36-24-15-17(12-13-22(24)25(32)33)7-5-6-14-31-26(34)35-16-23-20-10-3-1-8-18(20)19-9-2-4-11-21(19)23/h1-5,7-13,15,23H,6,14,16H2,(H,31,34)(H,32,33). The number of carbonyl (C=O) groups is 2. The lowest BCUT2D eigenvalue weighted by Gasteiger charge is -2.14. The molecular weight excluding hydrogens is 475 g/mol. The average molecular weight is 497 g/mol. The topological polar surface area (TPSA) is 84.9 Å². The predicted octanol–water partition coefficient (Wildman–Crippen LogP) is 6.23. The van der Waals surface area contributed by atoms with Crippen molar-refractivity contribution in [3.05, 3.63) is 95.1 Å². The fourth-order valence-corrected chi connectivity index (χ4v) is 4.15. The summed E-state index contributed by atoms with van der Waals surface area (Å²) in [4.78, 5) is 23.3. The number of alkyl halides is 3. The normalized spacial score (nSPS) is 12.8. The molecule has 3 aromatic carbocycles. The number of rotatable bonds is 8. The van der Waals surface area contributed by atoms with Gasteiger partial charge in [-0.3, -0.25) is 0 Å². The molecule has 0 unspecified atom stereocenters. The Hall–Kier alpha value is -4.27. The highest BCUT2D eigenvalue weighted by molar-refractivity contribution is 5.91. The highest BCUT2D eigenvalue weighted by atomic mass is 19.4. The van der Waals surface area contributed by atoms with Gasteiger partial charge in [0.2, 0.25) is 0 Å². The molecule has 0 aliphatic heterocycles. The molecule has 1 aliphatic rings. The van der Waals surface area contributed by atoms with Crippen LogP contribution in [0.3, 0.4) is 0 Å². The van der Waals surface area contributed by atoms with Crippen LogP contribution in [0.4, 0.5) is 18.0 Å². The number of amides is 1. The van der Waals surface area contributed by atoms with E-state index < -0.39 is 29.7 Å². The van der Waals surface area contributed by atoms with Gasteiger partial charge in [-0.25, -0.2) is 9.59 Å². The minimum atomic E-state index is -5.01. The van der Waals surface area contributed by atoms with Crippen molar-refractivity contribution in [3.63, 3.8) is 0 Å². The number of hydrogen-bond acceptors (Lipinski definition) is 4. The van der Waals surface area contributed by atoms with E-state index in [9.17, 15) is 22.8 Å². The summed E-state index contributed by atoms with van der Waals surface area (Å²) in [6.45, 7) is 0.430. The number of aromatic carboxylic acids is 1. The van der Waals surface area contributed by atoms with Gasteiger partial charge in [-0.1, -0.05) is 66.7 Å². The Morgan fingerprint density at radius 1 is 0.972 bits per heavy atom. The molecule has 3 aromatic rings. The number of carboxylic acids is 1. The first-order valence-electron chi connectivity index (χ1n) is 11.1. The van der Waals surface area contributed by atoms with E-state index >= 15 is 0 Å². The van der Waals surface area contributed by atoms with E-state index in [1.165, 1.54) is 12.1 Å². The Bertz CT molecular complexity index is 1260. The third-order valence-electron chi connectivity index (χ3n) is 5.70. The Labute approximate surface area is 205 Å². The van der Waals surface area contributed by atoms with Crippen molar-refractivity contribution >= 4 is 18.1 Å². The van der Waals surface area contributed by atoms with Crippen molar-refractivity contribution in [2.75, 3.05) is 13.2 Å². The summed E-state index contributed by atoms with van der Waals surface area (Å²) in [6.07, 6.45) is -2.07. The lowest BCUT2D eigenvalue weighted by Crippen LogP contribution is -2.26. The molecule has 0 saturated heterocycles. The second-order valence-corrected chi connectivity index (χ2v) is 8.05. The van der Waals surface area contributed by atoms with Gasteiger partial charge in [0.05, 0.1) is 0 Å². The first kappa shape index (κ1) is 24.8. The number of nitrogens with one attached hydrogen (secondary N) is 1. The Kier molecular flexibility index (Phi) is 7.28. The number of hydrogen-bond donors (Lipinski definition) is 2. The highest BCUT2D eigenvalue weighted by Gasteiger charge is 2.33. The summed E-state index contributed by atoms with van der Waals surface area (Å²) in [5.41, 5.74) is 4.20. The van der Waals surface area contributed by atoms with Gasteiger partial charge < -0.3 is 19.9 Å². The van der Waals surface area contributed by atoms with Gasteiger partial charge in [-0.2, -0.15) is 0 Å².